The monoisotopic (exact) mass is 308 g/mol. The fourth-order valence-corrected chi connectivity index (χ4v) is 2.49. The Morgan fingerprint density at radius 3 is 2.61 bits per heavy atom. The van der Waals surface area contributed by atoms with E-state index in [1.165, 1.54) is 6.07 Å². The van der Waals surface area contributed by atoms with Gasteiger partial charge < -0.3 is 0 Å². The lowest BCUT2D eigenvalue weighted by Crippen LogP contribution is -1.97. The molecule has 0 aliphatic rings. The van der Waals surface area contributed by atoms with Gasteiger partial charge in [0.2, 0.25) is 0 Å². The van der Waals surface area contributed by atoms with Gasteiger partial charge in [-0.3, -0.25) is 9.59 Å². The highest BCUT2D eigenvalue weighted by molar-refractivity contribution is 8.13. The van der Waals surface area contributed by atoms with Crippen molar-refractivity contribution in [3.8, 4) is 0 Å². The van der Waals surface area contributed by atoms with E-state index in [4.69, 9.17) is 23.2 Å². The number of thioether (sulfide) groups is 1. The molecule has 98 valence electrons. The topological polar surface area (TPSA) is 34.1 Å². The number of hydrogen-bond acceptors (Lipinski definition) is 3. The van der Waals surface area contributed by atoms with E-state index in [0.29, 0.717) is 11.3 Å². The molecule has 0 atom stereocenters. The Morgan fingerprint density at radius 1 is 1.39 bits per heavy atom. The summed E-state index contributed by atoms with van der Waals surface area (Å²) in [7, 11) is 0. The molecule has 0 aliphatic heterocycles. The number of halogens is 3. The summed E-state index contributed by atoms with van der Waals surface area (Å²) in [5.74, 6) is -0.787. The van der Waals surface area contributed by atoms with Crippen molar-refractivity contribution in [3.05, 3.63) is 28.5 Å². The van der Waals surface area contributed by atoms with E-state index in [0.717, 1.165) is 30.7 Å². The highest BCUT2D eigenvalue weighted by atomic mass is 35.5. The van der Waals surface area contributed by atoms with Gasteiger partial charge in [0.1, 0.15) is 5.82 Å². The zero-order chi connectivity index (χ0) is 13.7. The van der Waals surface area contributed by atoms with Crippen LogP contribution in [0.1, 0.15) is 36.5 Å². The van der Waals surface area contributed by atoms with Crippen LogP contribution in [0.3, 0.4) is 0 Å². The highest BCUT2D eigenvalue weighted by Gasteiger charge is 2.15. The Bertz CT molecular complexity index is 477. The quantitative estimate of drug-likeness (QED) is 0.585. The van der Waals surface area contributed by atoms with Gasteiger partial charge in [-0.05, 0) is 30.2 Å². The molecule has 0 aliphatic carbocycles. The van der Waals surface area contributed by atoms with E-state index in [-0.39, 0.29) is 15.7 Å². The van der Waals surface area contributed by atoms with Gasteiger partial charge in [0.25, 0.3) is 5.24 Å². The average Bonchev–Trinajstić information content (AvgIpc) is 2.29. The van der Waals surface area contributed by atoms with Crippen molar-refractivity contribution in [3.63, 3.8) is 0 Å². The Balaban J connectivity index is 2.92. The van der Waals surface area contributed by atoms with Crippen LogP contribution in [0.4, 0.5) is 4.39 Å². The fraction of sp³-hybridized carbons (Fsp3) is 0.333. The molecule has 2 nitrogen and oxygen atoms in total. The van der Waals surface area contributed by atoms with Crippen molar-refractivity contribution >= 4 is 45.3 Å². The van der Waals surface area contributed by atoms with Crippen molar-refractivity contribution in [2.45, 2.75) is 31.1 Å². The van der Waals surface area contributed by atoms with Crippen LogP contribution in [0.25, 0.3) is 0 Å². The van der Waals surface area contributed by atoms with Crippen LogP contribution in [0.15, 0.2) is 17.0 Å². The van der Waals surface area contributed by atoms with E-state index in [2.05, 4.69) is 0 Å². The minimum Gasteiger partial charge on any atom is -0.287 e. The number of unbranched alkanes of at least 4 members (excludes halogenated alkanes) is 1. The molecule has 1 rings (SSSR count). The average molecular weight is 309 g/mol. The summed E-state index contributed by atoms with van der Waals surface area (Å²) < 4.78 is 13.3. The second-order valence-electron chi connectivity index (χ2n) is 3.61. The van der Waals surface area contributed by atoms with E-state index in [1.807, 2.05) is 6.92 Å². The standard InChI is InChI=1S/C12H11Cl2FO2S/c1-2-3-4-11(16)18-10-5-7(12(14)17)9(15)6-8(10)13/h5-6H,2-4H2,1H3. The summed E-state index contributed by atoms with van der Waals surface area (Å²) in [6.07, 6.45) is 2.11. The van der Waals surface area contributed by atoms with Crippen LogP contribution in [0.5, 0.6) is 0 Å². The predicted molar refractivity (Wildman–Crippen MR) is 72.0 cm³/mol. The molecular formula is C12H11Cl2FO2S. The first kappa shape index (κ1) is 15.5. The lowest BCUT2D eigenvalue weighted by Gasteiger charge is -2.05. The molecule has 0 radical (unpaired) electrons. The Morgan fingerprint density at radius 2 is 2.06 bits per heavy atom. The normalized spacial score (nSPS) is 10.4. The summed E-state index contributed by atoms with van der Waals surface area (Å²) in [4.78, 5) is 22.9. The molecule has 1 aromatic rings. The minimum atomic E-state index is -0.910. The SMILES string of the molecule is CCCCC(=O)Sc1cc(C(=O)Cl)c(F)cc1Cl. The zero-order valence-corrected chi connectivity index (χ0v) is 12.0. The lowest BCUT2D eigenvalue weighted by atomic mass is 10.2. The molecule has 1 aromatic carbocycles. The molecule has 0 saturated carbocycles. The van der Waals surface area contributed by atoms with Gasteiger partial charge in [0.05, 0.1) is 10.6 Å². The second-order valence-corrected chi connectivity index (χ2v) is 5.46. The Labute approximate surface area is 119 Å². The molecule has 0 spiro atoms. The summed E-state index contributed by atoms with van der Waals surface area (Å²) in [5.41, 5.74) is -0.271. The molecule has 0 heterocycles. The van der Waals surface area contributed by atoms with Crippen LogP contribution in [-0.2, 0) is 4.79 Å². The number of rotatable bonds is 5. The molecule has 0 amide bonds. The van der Waals surface area contributed by atoms with Gasteiger partial charge in [-0.25, -0.2) is 4.39 Å². The van der Waals surface area contributed by atoms with Gasteiger partial charge in [-0.2, -0.15) is 0 Å². The van der Waals surface area contributed by atoms with Crippen LogP contribution in [-0.4, -0.2) is 10.4 Å². The van der Waals surface area contributed by atoms with Crippen molar-refractivity contribution in [2.75, 3.05) is 0 Å². The van der Waals surface area contributed by atoms with Crippen LogP contribution in [0, 0.1) is 5.82 Å². The Kier molecular flexibility index (Phi) is 6.12. The van der Waals surface area contributed by atoms with E-state index in [1.54, 1.807) is 0 Å². The third-order valence-corrected chi connectivity index (χ3v) is 3.81. The van der Waals surface area contributed by atoms with E-state index >= 15 is 0 Å². The first-order chi connectivity index (χ1) is 8.45. The first-order valence-corrected chi connectivity index (χ1v) is 6.92. The largest absolute Gasteiger partial charge is 0.287 e. The molecule has 18 heavy (non-hydrogen) atoms. The van der Waals surface area contributed by atoms with Gasteiger partial charge in [-0.15, -0.1) is 0 Å². The fourth-order valence-electron chi connectivity index (χ4n) is 1.25. The summed E-state index contributed by atoms with van der Waals surface area (Å²) in [6.45, 7) is 1.98. The van der Waals surface area contributed by atoms with Gasteiger partial charge in [0, 0.05) is 11.3 Å². The Hall–Kier alpha value is -0.580. The van der Waals surface area contributed by atoms with Crippen LogP contribution in [0.2, 0.25) is 5.02 Å². The molecule has 0 unspecified atom stereocenters. The number of hydrogen-bond donors (Lipinski definition) is 0. The smallest absolute Gasteiger partial charge is 0.255 e. The molecule has 0 bridgehead atoms. The number of carbonyl (C=O) groups is 2. The maximum Gasteiger partial charge on any atom is 0.255 e. The van der Waals surface area contributed by atoms with Gasteiger partial charge >= 0.3 is 0 Å². The van der Waals surface area contributed by atoms with Gasteiger partial charge in [-0.1, -0.05) is 36.7 Å². The minimum absolute atomic E-state index is 0.0710. The molecule has 0 N–H and O–H groups in total. The summed E-state index contributed by atoms with van der Waals surface area (Å²) >= 11 is 12.0. The molecule has 0 aromatic heterocycles. The van der Waals surface area contributed by atoms with Gasteiger partial charge in [0.15, 0.2) is 5.12 Å². The van der Waals surface area contributed by atoms with Crippen molar-refractivity contribution < 1.29 is 14.0 Å². The van der Waals surface area contributed by atoms with E-state index in [9.17, 15) is 14.0 Å². The molecule has 0 saturated heterocycles. The zero-order valence-electron chi connectivity index (χ0n) is 9.63. The number of carbonyl (C=O) groups excluding carboxylic acids is 2. The number of benzene rings is 1. The first-order valence-electron chi connectivity index (χ1n) is 5.35. The second kappa shape index (κ2) is 7.12. The maximum absolute atomic E-state index is 13.3. The summed E-state index contributed by atoms with van der Waals surface area (Å²) in [5, 5.41) is -0.880. The molecule has 0 fully saturated rings. The summed E-state index contributed by atoms with van der Waals surface area (Å²) in [6, 6.07) is 2.20. The molecular weight excluding hydrogens is 298 g/mol. The third-order valence-electron chi connectivity index (χ3n) is 2.19. The highest BCUT2D eigenvalue weighted by Crippen LogP contribution is 2.31. The van der Waals surface area contributed by atoms with Crippen molar-refractivity contribution in [1.82, 2.24) is 0 Å². The van der Waals surface area contributed by atoms with Crippen LogP contribution < -0.4 is 0 Å². The maximum atomic E-state index is 13.3. The lowest BCUT2D eigenvalue weighted by molar-refractivity contribution is -0.111. The van der Waals surface area contributed by atoms with E-state index < -0.39 is 11.1 Å². The molecule has 6 heteroatoms. The third kappa shape index (κ3) is 4.26. The van der Waals surface area contributed by atoms with Crippen molar-refractivity contribution in [1.29, 1.82) is 0 Å². The predicted octanol–water partition coefficient (Wildman–Crippen LogP) is 4.67. The van der Waals surface area contributed by atoms with Crippen LogP contribution >= 0.6 is 35.0 Å². The van der Waals surface area contributed by atoms with Crippen molar-refractivity contribution in [2.24, 2.45) is 0 Å².